The number of hydrazine groups is 1. The van der Waals surface area contributed by atoms with E-state index in [0.29, 0.717) is 0 Å². The first-order valence-corrected chi connectivity index (χ1v) is 7.74. The van der Waals surface area contributed by atoms with Crippen LogP contribution in [0.1, 0.15) is 37.5 Å². The molecule has 1 aromatic rings. The first-order chi connectivity index (χ1) is 8.70. The quantitative estimate of drug-likeness (QED) is 0.624. The van der Waals surface area contributed by atoms with E-state index in [1.165, 1.54) is 17.7 Å². The number of hydrogen-bond donors (Lipinski definition) is 2. The van der Waals surface area contributed by atoms with Crippen molar-refractivity contribution in [3.05, 3.63) is 21.3 Å². The third kappa shape index (κ3) is 3.06. The van der Waals surface area contributed by atoms with Crippen LogP contribution >= 0.6 is 22.9 Å². The average Bonchev–Trinajstić information content (AvgIpc) is 2.97. The molecule has 0 aromatic carbocycles. The van der Waals surface area contributed by atoms with Crippen molar-refractivity contribution < 1.29 is 4.74 Å². The fourth-order valence-electron chi connectivity index (χ4n) is 2.91. The van der Waals surface area contributed by atoms with Gasteiger partial charge in [0.2, 0.25) is 0 Å². The van der Waals surface area contributed by atoms with Gasteiger partial charge in [-0.2, -0.15) is 0 Å². The average molecular weight is 289 g/mol. The minimum Gasteiger partial charge on any atom is -0.374 e. The van der Waals surface area contributed by atoms with E-state index in [-0.39, 0.29) is 11.6 Å². The summed E-state index contributed by atoms with van der Waals surface area (Å²) in [5.41, 5.74) is 2.87. The molecular formula is C13H21ClN2OS. The van der Waals surface area contributed by atoms with Crippen molar-refractivity contribution in [1.82, 2.24) is 5.43 Å². The predicted octanol–water partition coefficient (Wildman–Crippen LogP) is 3.13. The monoisotopic (exact) mass is 288 g/mol. The summed E-state index contributed by atoms with van der Waals surface area (Å²) in [6.07, 6.45) is 5.52. The molecular weight excluding hydrogens is 268 g/mol. The summed E-state index contributed by atoms with van der Waals surface area (Å²) in [4.78, 5) is 1.26. The molecule has 1 aliphatic carbocycles. The fourth-order valence-corrected chi connectivity index (χ4v) is 4.05. The molecule has 2 rings (SSSR count). The summed E-state index contributed by atoms with van der Waals surface area (Å²) in [6, 6.07) is 4.18. The number of thiophene rings is 1. The number of nitrogens with two attached hydrogens (primary N) is 1. The van der Waals surface area contributed by atoms with Gasteiger partial charge in [-0.15, -0.1) is 11.3 Å². The Kier molecular flexibility index (Phi) is 5.04. The van der Waals surface area contributed by atoms with Crippen LogP contribution in [0.2, 0.25) is 4.34 Å². The molecule has 0 spiro atoms. The highest BCUT2D eigenvalue weighted by Gasteiger charge is 2.41. The zero-order chi connectivity index (χ0) is 13.0. The summed E-state index contributed by atoms with van der Waals surface area (Å²) in [5, 5.41) is 0. The second-order valence-corrected chi connectivity index (χ2v) is 6.63. The van der Waals surface area contributed by atoms with Crippen LogP contribution in [-0.2, 0) is 11.2 Å². The zero-order valence-electron chi connectivity index (χ0n) is 10.7. The molecule has 18 heavy (non-hydrogen) atoms. The molecule has 1 aromatic heterocycles. The molecule has 1 unspecified atom stereocenters. The number of hydrogen-bond acceptors (Lipinski definition) is 4. The number of nitrogens with one attached hydrogen (secondary N) is 1. The van der Waals surface area contributed by atoms with Crippen LogP contribution in [0.25, 0.3) is 0 Å². The smallest absolute Gasteiger partial charge is 0.0931 e. The van der Waals surface area contributed by atoms with Gasteiger partial charge in [0.05, 0.1) is 16.0 Å². The Labute approximate surface area is 118 Å². The molecule has 0 radical (unpaired) electrons. The van der Waals surface area contributed by atoms with E-state index >= 15 is 0 Å². The normalized spacial score (nSPS) is 20.2. The minimum absolute atomic E-state index is 0.0973. The Morgan fingerprint density at radius 2 is 2.22 bits per heavy atom. The standard InChI is InChI=1S/C13H21ClN2OS/c1-2-17-13(7-3-4-8-13)11(16-15)9-10-5-6-12(14)18-10/h5-6,11,16H,2-4,7-9,15H2,1H3. The van der Waals surface area contributed by atoms with Gasteiger partial charge in [0.1, 0.15) is 0 Å². The second-order valence-electron chi connectivity index (χ2n) is 4.83. The highest BCUT2D eigenvalue weighted by atomic mass is 35.5. The predicted molar refractivity (Wildman–Crippen MR) is 77.0 cm³/mol. The summed E-state index contributed by atoms with van der Waals surface area (Å²) >= 11 is 7.60. The van der Waals surface area contributed by atoms with E-state index in [1.807, 2.05) is 6.07 Å². The lowest BCUT2D eigenvalue weighted by Gasteiger charge is -2.36. The third-order valence-corrected chi connectivity index (χ3v) is 5.01. The van der Waals surface area contributed by atoms with Crippen LogP contribution < -0.4 is 11.3 Å². The van der Waals surface area contributed by atoms with Gasteiger partial charge in [-0.1, -0.05) is 24.4 Å². The molecule has 3 nitrogen and oxygen atoms in total. The molecule has 1 atom stereocenters. The number of halogens is 1. The summed E-state index contributed by atoms with van der Waals surface area (Å²) < 4.78 is 6.88. The van der Waals surface area contributed by atoms with E-state index in [4.69, 9.17) is 22.2 Å². The molecule has 102 valence electrons. The Balaban J connectivity index is 2.10. The van der Waals surface area contributed by atoms with Crippen LogP contribution in [0.3, 0.4) is 0 Å². The van der Waals surface area contributed by atoms with Crippen LogP contribution in [0.4, 0.5) is 0 Å². The van der Waals surface area contributed by atoms with Crippen molar-refractivity contribution in [2.24, 2.45) is 5.84 Å². The Morgan fingerprint density at radius 1 is 1.50 bits per heavy atom. The molecule has 0 bridgehead atoms. The molecule has 1 aliphatic rings. The number of ether oxygens (including phenoxy) is 1. The van der Waals surface area contributed by atoms with Crippen molar-refractivity contribution in [1.29, 1.82) is 0 Å². The maximum atomic E-state index is 6.05. The van der Waals surface area contributed by atoms with Gasteiger partial charge >= 0.3 is 0 Å². The van der Waals surface area contributed by atoms with Crippen LogP contribution in [0.5, 0.6) is 0 Å². The van der Waals surface area contributed by atoms with Crippen molar-refractivity contribution in [2.75, 3.05) is 6.61 Å². The topological polar surface area (TPSA) is 47.3 Å². The Bertz CT molecular complexity index is 377. The van der Waals surface area contributed by atoms with Crippen LogP contribution in [-0.4, -0.2) is 18.2 Å². The Hall–Kier alpha value is -0.130. The van der Waals surface area contributed by atoms with Gasteiger partial charge in [-0.05, 0) is 31.9 Å². The molecule has 0 aliphatic heterocycles. The van der Waals surface area contributed by atoms with Gasteiger partial charge in [0, 0.05) is 17.9 Å². The van der Waals surface area contributed by atoms with E-state index < -0.39 is 0 Å². The van der Waals surface area contributed by atoms with Gasteiger partial charge in [0.15, 0.2) is 0 Å². The molecule has 1 saturated carbocycles. The SMILES string of the molecule is CCOC1(C(Cc2ccc(Cl)s2)NN)CCCC1. The van der Waals surface area contributed by atoms with Gasteiger partial charge in [-0.3, -0.25) is 11.3 Å². The molecule has 3 N–H and O–H groups in total. The summed E-state index contributed by atoms with van der Waals surface area (Å²) in [7, 11) is 0. The first kappa shape index (κ1) is 14.3. The molecule has 0 amide bonds. The van der Waals surface area contributed by atoms with Gasteiger partial charge in [-0.25, -0.2) is 0 Å². The van der Waals surface area contributed by atoms with E-state index in [9.17, 15) is 0 Å². The summed E-state index contributed by atoms with van der Waals surface area (Å²) in [6.45, 7) is 2.79. The largest absolute Gasteiger partial charge is 0.374 e. The maximum absolute atomic E-state index is 6.05. The van der Waals surface area contributed by atoms with Gasteiger partial charge < -0.3 is 4.74 Å². The van der Waals surface area contributed by atoms with Crippen molar-refractivity contribution in [3.8, 4) is 0 Å². The van der Waals surface area contributed by atoms with Crippen molar-refractivity contribution >= 4 is 22.9 Å². The van der Waals surface area contributed by atoms with Crippen LogP contribution in [0, 0.1) is 0 Å². The molecule has 1 heterocycles. The lowest BCUT2D eigenvalue weighted by Crippen LogP contribution is -2.54. The second kappa shape index (κ2) is 6.35. The van der Waals surface area contributed by atoms with Crippen molar-refractivity contribution in [2.45, 2.75) is 50.7 Å². The molecule has 1 fully saturated rings. The lowest BCUT2D eigenvalue weighted by atomic mass is 9.89. The first-order valence-electron chi connectivity index (χ1n) is 6.54. The third-order valence-electron chi connectivity index (χ3n) is 3.75. The summed E-state index contributed by atoms with van der Waals surface area (Å²) in [5.74, 6) is 5.76. The maximum Gasteiger partial charge on any atom is 0.0931 e. The van der Waals surface area contributed by atoms with E-state index in [1.54, 1.807) is 11.3 Å². The van der Waals surface area contributed by atoms with Crippen molar-refractivity contribution in [3.63, 3.8) is 0 Å². The molecule has 0 saturated heterocycles. The highest BCUT2D eigenvalue weighted by molar-refractivity contribution is 7.16. The van der Waals surface area contributed by atoms with Gasteiger partial charge in [0.25, 0.3) is 0 Å². The van der Waals surface area contributed by atoms with E-state index in [2.05, 4.69) is 18.4 Å². The lowest BCUT2D eigenvalue weighted by molar-refractivity contribution is -0.0611. The number of rotatable bonds is 6. The Morgan fingerprint density at radius 3 is 2.72 bits per heavy atom. The zero-order valence-corrected chi connectivity index (χ0v) is 12.3. The minimum atomic E-state index is -0.0973. The van der Waals surface area contributed by atoms with Crippen LogP contribution in [0.15, 0.2) is 12.1 Å². The van der Waals surface area contributed by atoms with E-state index in [0.717, 1.165) is 30.2 Å². The fraction of sp³-hybridized carbons (Fsp3) is 0.692. The highest BCUT2D eigenvalue weighted by Crippen LogP contribution is 2.38. The molecule has 5 heteroatoms.